The molecule has 1 aromatic carbocycles. The van der Waals surface area contributed by atoms with Crippen molar-refractivity contribution in [3.8, 4) is 11.5 Å². The number of benzene rings is 1. The van der Waals surface area contributed by atoms with Crippen molar-refractivity contribution in [3.05, 3.63) is 70.2 Å². The Morgan fingerprint density at radius 3 is 2.54 bits per heavy atom. The Kier molecular flexibility index (Phi) is 4.70. The first-order valence-electron chi connectivity index (χ1n) is 7.91. The topological polar surface area (TPSA) is 104 Å². The van der Waals surface area contributed by atoms with Crippen molar-refractivity contribution >= 4 is 23.2 Å². The van der Waals surface area contributed by atoms with Crippen LogP contribution in [0.1, 0.15) is 22.8 Å². The summed E-state index contributed by atoms with van der Waals surface area (Å²) in [5.41, 5.74) is 1.81. The van der Waals surface area contributed by atoms with E-state index in [2.05, 4.69) is 15.6 Å². The molecule has 0 radical (unpaired) electrons. The van der Waals surface area contributed by atoms with Crippen molar-refractivity contribution in [1.29, 1.82) is 0 Å². The first-order chi connectivity index (χ1) is 12.4. The number of H-pyrrole nitrogens is 1. The molecule has 7 nitrogen and oxygen atoms in total. The van der Waals surface area contributed by atoms with E-state index >= 15 is 0 Å². The monoisotopic (exact) mass is 351 g/mol. The molecule has 2 amide bonds. The van der Waals surface area contributed by atoms with E-state index in [4.69, 9.17) is 4.42 Å². The number of aromatic nitrogens is 1. The summed E-state index contributed by atoms with van der Waals surface area (Å²) < 4.78 is 5.23. The Morgan fingerprint density at radius 1 is 1.08 bits per heavy atom. The number of carbonyl (C=O) groups is 2. The van der Waals surface area contributed by atoms with Crippen molar-refractivity contribution < 1.29 is 14.0 Å². The zero-order chi connectivity index (χ0) is 18.7. The van der Waals surface area contributed by atoms with E-state index in [0.717, 1.165) is 5.56 Å². The van der Waals surface area contributed by atoms with Crippen LogP contribution in [0, 0.1) is 6.92 Å². The summed E-state index contributed by atoms with van der Waals surface area (Å²) in [7, 11) is 0. The number of hydrogen-bond acceptors (Lipinski definition) is 4. The van der Waals surface area contributed by atoms with E-state index in [1.807, 2.05) is 6.92 Å². The molecule has 132 valence electrons. The lowest BCUT2D eigenvalue weighted by molar-refractivity contribution is -0.114. The van der Waals surface area contributed by atoms with Crippen LogP contribution in [0.15, 0.2) is 57.9 Å². The number of anilines is 2. The van der Waals surface area contributed by atoms with E-state index in [-0.39, 0.29) is 11.5 Å². The van der Waals surface area contributed by atoms with Crippen LogP contribution >= 0.6 is 0 Å². The molecule has 0 aliphatic rings. The summed E-state index contributed by atoms with van der Waals surface area (Å²) >= 11 is 0. The predicted octanol–water partition coefficient (Wildman–Crippen LogP) is 3.15. The van der Waals surface area contributed by atoms with Gasteiger partial charge in [-0.25, -0.2) is 0 Å². The third-order valence-electron chi connectivity index (χ3n) is 3.75. The highest BCUT2D eigenvalue weighted by molar-refractivity contribution is 6.05. The van der Waals surface area contributed by atoms with E-state index in [9.17, 15) is 14.4 Å². The van der Waals surface area contributed by atoms with Gasteiger partial charge in [0.15, 0.2) is 0 Å². The fourth-order valence-electron chi connectivity index (χ4n) is 2.46. The number of furan rings is 1. The van der Waals surface area contributed by atoms with Crippen molar-refractivity contribution in [2.45, 2.75) is 13.8 Å². The van der Waals surface area contributed by atoms with Gasteiger partial charge >= 0.3 is 0 Å². The molecule has 0 atom stereocenters. The molecule has 26 heavy (non-hydrogen) atoms. The van der Waals surface area contributed by atoms with Gasteiger partial charge in [-0.05, 0) is 48.9 Å². The third-order valence-corrected chi connectivity index (χ3v) is 3.75. The molecule has 2 heterocycles. The van der Waals surface area contributed by atoms with Gasteiger partial charge in [-0.3, -0.25) is 14.4 Å². The minimum atomic E-state index is -0.541. The van der Waals surface area contributed by atoms with Gasteiger partial charge in [-0.2, -0.15) is 0 Å². The van der Waals surface area contributed by atoms with Gasteiger partial charge in [0.1, 0.15) is 11.3 Å². The highest BCUT2D eigenvalue weighted by Crippen LogP contribution is 2.21. The lowest BCUT2D eigenvalue weighted by atomic mass is 10.1. The van der Waals surface area contributed by atoms with Gasteiger partial charge in [-0.1, -0.05) is 6.07 Å². The molecule has 0 saturated heterocycles. The normalized spacial score (nSPS) is 10.4. The maximum Gasteiger partial charge on any atom is 0.261 e. The predicted molar refractivity (Wildman–Crippen MR) is 98.2 cm³/mol. The Balaban J connectivity index is 1.84. The second kappa shape index (κ2) is 7.10. The summed E-state index contributed by atoms with van der Waals surface area (Å²) in [4.78, 5) is 38.5. The number of aryl methyl sites for hydroxylation is 1. The molecule has 0 saturated carbocycles. The molecule has 2 aromatic heterocycles. The van der Waals surface area contributed by atoms with Crippen LogP contribution in [-0.2, 0) is 4.79 Å². The van der Waals surface area contributed by atoms with Gasteiger partial charge < -0.3 is 20.0 Å². The lowest BCUT2D eigenvalue weighted by Crippen LogP contribution is -2.23. The van der Waals surface area contributed by atoms with Crippen molar-refractivity contribution in [2.24, 2.45) is 0 Å². The minimum absolute atomic E-state index is 0.0235. The van der Waals surface area contributed by atoms with E-state index in [1.54, 1.807) is 36.4 Å². The Hall–Kier alpha value is -3.61. The standard InChI is InChI=1S/C19H17N3O4/c1-11-5-6-13(20-12(2)23)10-16(11)22-19(25)14-7-8-15(21-18(14)24)17-4-3-9-26-17/h3-10H,1-2H3,(H,20,23)(H,21,24)(H,22,25). The van der Waals surface area contributed by atoms with Crippen LogP contribution in [0.5, 0.6) is 0 Å². The summed E-state index contributed by atoms with van der Waals surface area (Å²) in [6.07, 6.45) is 1.50. The van der Waals surface area contributed by atoms with Crippen molar-refractivity contribution in [2.75, 3.05) is 10.6 Å². The molecular formula is C19H17N3O4. The average Bonchev–Trinajstić information content (AvgIpc) is 3.11. The van der Waals surface area contributed by atoms with Crippen LogP contribution in [0.25, 0.3) is 11.5 Å². The highest BCUT2D eigenvalue weighted by Gasteiger charge is 2.14. The summed E-state index contributed by atoms with van der Waals surface area (Å²) in [6, 6.07) is 11.6. The molecule has 0 aliphatic carbocycles. The second-order valence-electron chi connectivity index (χ2n) is 5.76. The second-order valence-corrected chi connectivity index (χ2v) is 5.76. The van der Waals surface area contributed by atoms with E-state index < -0.39 is 11.5 Å². The number of amides is 2. The van der Waals surface area contributed by atoms with Crippen LogP contribution in [0.3, 0.4) is 0 Å². The SMILES string of the molecule is CC(=O)Nc1ccc(C)c(NC(=O)c2ccc(-c3ccco3)[nH]c2=O)c1. The molecule has 3 N–H and O–H groups in total. The van der Waals surface area contributed by atoms with Gasteiger partial charge in [-0.15, -0.1) is 0 Å². The molecular weight excluding hydrogens is 334 g/mol. The number of aromatic amines is 1. The Labute approximate surface area is 149 Å². The molecule has 0 aliphatic heterocycles. The molecule has 0 bridgehead atoms. The largest absolute Gasteiger partial charge is 0.463 e. The molecule has 3 aromatic rings. The van der Waals surface area contributed by atoms with Crippen LogP contribution in [-0.4, -0.2) is 16.8 Å². The lowest BCUT2D eigenvalue weighted by Gasteiger charge is -2.11. The number of carbonyl (C=O) groups excluding carboxylic acids is 2. The smallest absolute Gasteiger partial charge is 0.261 e. The molecule has 0 fully saturated rings. The fraction of sp³-hybridized carbons (Fsp3) is 0.105. The summed E-state index contributed by atoms with van der Waals surface area (Å²) in [5.74, 6) is -0.246. The number of pyridine rings is 1. The Morgan fingerprint density at radius 2 is 1.88 bits per heavy atom. The number of nitrogens with one attached hydrogen (secondary N) is 3. The Bertz CT molecular complexity index is 1020. The zero-order valence-electron chi connectivity index (χ0n) is 14.3. The third kappa shape index (κ3) is 3.72. The molecule has 7 heteroatoms. The minimum Gasteiger partial charge on any atom is -0.463 e. The maximum absolute atomic E-state index is 12.5. The quantitative estimate of drug-likeness (QED) is 0.671. The van der Waals surface area contributed by atoms with Gasteiger partial charge in [0.25, 0.3) is 11.5 Å². The van der Waals surface area contributed by atoms with E-state index in [0.29, 0.717) is 22.8 Å². The van der Waals surface area contributed by atoms with Crippen molar-refractivity contribution in [1.82, 2.24) is 4.98 Å². The van der Waals surface area contributed by atoms with Crippen LogP contribution in [0.2, 0.25) is 0 Å². The molecule has 3 rings (SSSR count). The van der Waals surface area contributed by atoms with Gasteiger partial charge in [0.05, 0.1) is 12.0 Å². The fourth-order valence-corrected chi connectivity index (χ4v) is 2.46. The van der Waals surface area contributed by atoms with Crippen LogP contribution in [0.4, 0.5) is 11.4 Å². The van der Waals surface area contributed by atoms with Crippen molar-refractivity contribution in [3.63, 3.8) is 0 Å². The number of rotatable bonds is 4. The molecule has 0 unspecified atom stereocenters. The van der Waals surface area contributed by atoms with Crippen LogP contribution < -0.4 is 16.2 Å². The number of hydrogen-bond donors (Lipinski definition) is 3. The van der Waals surface area contributed by atoms with Gasteiger partial charge in [0.2, 0.25) is 5.91 Å². The zero-order valence-corrected chi connectivity index (χ0v) is 14.3. The van der Waals surface area contributed by atoms with Gasteiger partial charge in [0, 0.05) is 18.3 Å². The van der Waals surface area contributed by atoms with E-state index in [1.165, 1.54) is 19.3 Å². The summed E-state index contributed by atoms with van der Waals surface area (Å²) in [5, 5.41) is 5.35. The summed E-state index contributed by atoms with van der Waals surface area (Å²) in [6.45, 7) is 3.22. The molecule has 0 spiro atoms. The average molecular weight is 351 g/mol. The first-order valence-corrected chi connectivity index (χ1v) is 7.91. The highest BCUT2D eigenvalue weighted by atomic mass is 16.3. The first kappa shape index (κ1) is 17.2. The maximum atomic E-state index is 12.5.